The Morgan fingerprint density at radius 2 is 2.09 bits per heavy atom. The van der Waals surface area contributed by atoms with Crippen molar-refractivity contribution in [2.45, 2.75) is 57.5 Å². The fourth-order valence-corrected chi connectivity index (χ4v) is 3.70. The number of hydrogen-bond donors (Lipinski definition) is 1. The Morgan fingerprint density at radius 3 is 2.82 bits per heavy atom. The van der Waals surface area contributed by atoms with Gasteiger partial charge in [-0.25, -0.2) is 0 Å². The van der Waals surface area contributed by atoms with E-state index in [1.165, 1.54) is 32.1 Å². The number of nitrogens with one attached hydrogen (secondary N) is 1. The van der Waals surface area contributed by atoms with Crippen LogP contribution in [-0.4, -0.2) is 44.7 Å². The van der Waals surface area contributed by atoms with Gasteiger partial charge in [-0.1, -0.05) is 19.3 Å². The Kier molecular flexibility index (Phi) is 5.08. The van der Waals surface area contributed by atoms with Crippen LogP contribution in [-0.2, 0) is 18.4 Å². The van der Waals surface area contributed by atoms with Gasteiger partial charge in [-0.2, -0.15) is 0 Å². The van der Waals surface area contributed by atoms with Crippen molar-refractivity contribution < 1.29 is 4.79 Å². The molecule has 1 aliphatic carbocycles. The number of likely N-dealkylation sites (tertiary alicyclic amines) is 1. The van der Waals surface area contributed by atoms with Gasteiger partial charge in [0.05, 0.1) is 12.6 Å². The third kappa shape index (κ3) is 3.66. The lowest BCUT2D eigenvalue weighted by atomic mass is 9.89. The minimum absolute atomic E-state index is 0.000269. The van der Waals surface area contributed by atoms with Crippen LogP contribution in [0.3, 0.4) is 0 Å². The van der Waals surface area contributed by atoms with Crippen molar-refractivity contribution in [1.82, 2.24) is 25.0 Å². The van der Waals surface area contributed by atoms with Crippen molar-refractivity contribution in [2.24, 2.45) is 13.0 Å². The van der Waals surface area contributed by atoms with E-state index < -0.39 is 0 Å². The highest BCUT2D eigenvalue weighted by Crippen LogP contribution is 2.23. The van der Waals surface area contributed by atoms with Gasteiger partial charge in [0.2, 0.25) is 5.91 Å². The highest BCUT2D eigenvalue weighted by atomic mass is 16.2. The van der Waals surface area contributed by atoms with E-state index in [1.54, 1.807) is 6.33 Å². The lowest BCUT2D eigenvalue weighted by Gasteiger charge is -2.26. The molecule has 1 saturated carbocycles. The summed E-state index contributed by atoms with van der Waals surface area (Å²) in [6, 6.07) is 0.000269. The fraction of sp³-hybridized carbons (Fsp3) is 0.812. The monoisotopic (exact) mass is 305 g/mol. The SMILES string of the molecule is Cn1cnnc1CN1CCCC1C(=O)NCC1CCCCC1. The number of carbonyl (C=O) groups is 1. The third-order valence-corrected chi connectivity index (χ3v) is 5.11. The molecule has 3 rings (SSSR count). The van der Waals surface area contributed by atoms with Gasteiger partial charge in [0, 0.05) is 13.6 Å². The van der Waals surface area contributed by atoms with Crippen LogP contribution in [0.4, 0.5) is 0 Å². The molecule has 1 aromatic rings. The molecule has 0 spiro atoms. The summed E-state index contributed by atoms with van der Waals surface area (Å²) in [5, 5.41) is 11.2. The number of aromatic nitrogens is 3. The van der Waals surface area contributed by atoms with Crippen molar-refractivity contribution in [3.05, 3.63) is 12.2 Å². The van der Waals surface area contributed by atoms with Crippen LogP contribution in [0.1, 0.15) is 50.8 Å². The minimum atomic E-state index is 0.000269. The second kappa shape index (κ2) is 7.22. The van der Waals surface area contributed by atoms with Gasteiger partial charge < -0.3 is 9.88 Å². The Hall–Kier alpha value is -1.43. The van der Waals surface area contributed by atoms with Gasteiger partial charge in [0.15, 0.2) is 0 Å². The lowest BCUT2D eigenvalue weighted by Crippen LogP contribution is -2.44. The number of amides is 1. The van der Waals surface area contributed by atoms with E-state index in [0.717, 1.165) is 31.8 Å². The Balaban J connectivity index is 1.51. The predicted molar refractivity (Wildman–Crippen MR) is 84.0 cm³/mol. The van der Waals surface area contributed by atoms with E-state index in [9.17, 15) is 4.79 Å². The van der Waals surface area contributed by atoms with Crippen LogP contribution in [0.15, 0.2) is 6.33 Å². The van der Waals surface area contributed by atoms with E-state index in [-0.39, 0.29) is 11.9 Å². The third-order valence-electron chi connectivity index (χ3n) is 5.11. The molecule has 1 aliphatic heterocycles. The van der Waals surface area contributed by atoms with Gasteiger partial charge in [-0.05, 0) is 38.1 Å². The zero-order valence-electron chi connectivity index (χ0n) is 13.5. The topological polar surface area (TPSA) is 63.1 Å². The Labute approximate surface area is 132 Å². The molecule has 22 heavy (non-hydrogen) atoms. The minimum Gasteiger partial charge on any atom is -0.354 e. The van der Waals surface area contributed by atoms with E-state index in [2.05, 4.69) is 20.4 Å². The molecule has 2 fully saturated rings. The molecule has 0 aromatic carbocycles. The quantitative estimate of drug-likeness (QED) is 0.895. The molecule has 1 aromatic heterocycles. The summed E-state index contributed by atoms with van der Waals surface area (Å²) in [4.78, 5) is 14.8. The number of nitrogens with zero attached hydrogens (tertiary/aromatic N) is 4. The van der Waals surface area contributed by atoms with Crippen molar-refractivity contribution in [3.63, 3.8) is 0 Å². The van der Waals surface area contributed by atoms with E-state index >= 15 is 0 Å². The molecular weight excluding hydrogens is 278 g/mol. The van der Waals surface area contributed by atoms with E-state index in [0.29, 0.717) is 12.5 Å². The van der Waals surface area contributed by atoms with Crippen molar-refractivity contribution in [1.29, 1.82) is 0 Å². The predicted octanol–water partition coefficient (Wildman–Crippen LogP) is 1.48. The smallest absolute Gasteiger partial charge is 0.237 e. The van der Waals surface area contributed by atoms with E-state index in [4.69, 9.17) is 0 Å². The molecule has 122 valence electrons. The maximum atomic E-state index is 12.5. The average Bonchev–Trinajstić information content (AvgIpc) is 3.16. The number of aryl methyl sites for hydroxylation is 1. The highest BCUT2D eigenvalue weighted by molar-refractivity contribution is 5.82. The zero-order valence-corrected chi connectivity index (χ0v) is 13.5. The Bertz CT molecular complexity index is 494. The second-order valence-corrected chi connectivity index (χ2v) is 6.74. The molecule has 6 heteroatoms. The van der Waals surface area contributed by atoms with Gasteiger partial charge in [-0.15, -0.1) is 10.2 Å². The molecule has 1 N–H and O–H groups in total. The van der Waals surface area contributed by atoms with Crippen LogP contribution in [0.2, 0.25) is 0 Å². The van der Waals surface area contributed by atoms with Crippen LogP contribution in [0.25, 0.3) is 0 Å². The summed E-state index contributed by atoms with van der Waals surface area (Å²) < 4.78 is 1.93. The van der Waals surface area contributed by atoms with Crippen molar-refractivity contribution in [2.75, 3.05) is 13.1 Å². The first-order valence-corrected chi connectivity index (χ1v) is 8.58. The molecule has 1 unspecified atom stereocenters. The summed E-state index contributed by atoms with van der Waals surface area (Å²) >= 11 is 0. The number of rotatable bonds is 5. The molecular formula is C16H27N5O. The number of hydrogen-bond acceptors (Lipinski definition) is 4. The zero-order chi connectivity index (χ0) is 15.4. The summed E-state index contributed by atoms with van der Waals surface area (Å²) in [7, 11) is 1.95. The largest absolute Gasteiger partial charge is 0.354 e. The van der Waals surface area contributed by atoms with Crippen molar-refractivity contribution >= 4 is 5.91 Å². The van der Waals surface area contributed by atoms with Gasteiger partial charge in [0.1, 0.15) is 12.2 Å². The lowest BCUT2D eigenvalue weighted by molar-refractivity contribution is -0.125. The fourth-order valence-electron chi connectivity index (χ4n) is 3.70. The van der Waals surface area contributed by atoms with Crippen LogP contribution >= 0.6 is 0 Å². The molecule has 6 nitrogen and oxygen atoms in total. The van der Waals surface area contributed by atoms with Gasteiger partial charge in [-0.3, -0.25) is 9.69 Å². The maximum absolute atomic E-state index is 12.5. The second-order valence-electron chi connectivity index (χ2n) is 6.74. The maximum Gasteiger partial charge on any atom is 0.237 e. The first-order valence-electron chi connectivity index (χ1n) is 8.58. The van der Waals surface area contributed by atoms with Gasteiger partial charge >= 0.3 is 0 Å². The van der Waals surface area contributed by atoms with Crippen LogP contribution in [0, 0.1) is 5.92 Å². The highest BCUT2D eigenvalue weighted by Gasteiger charge is 2.31. The summed E-state index contributed by atoms with van der Waals surface area (Å²) in [6.45, 7) is 2.53. The normalized spacial score (nSPS) is 23.8. The molecule has 2 aliphatic rings. The summed E-state index contributed by atoms with van der Waals surface area (Å²) in [5.41, 5.74) is 0. The standard InChI is InChI=1S/C16H27N5O/c1-20-12-18-19-15(20)11-21-9-5-8-14(21)16(22)17-10-13-6-3-2-4-7-13/h12-14H,2-11H2,1H3,(H,17,22). The molecule has 0 radical (unpaired) electrons. The summed E-state index contributed by atoms with van der Waals surface area (Å²) in [6.07, 6.45) is 10.3. The van der Waals surface area contributed by atoms with E-state index in [1.807, 2.05) is 11.6 Å². The molecule has 1 saturated heterocycles. The summed E-state index contributed by atoms with van der Waals surface area (Å²) in [5.74, 6) is 1.81. The number of carbonyl (C=O) groups excluding carboxylic acids is 1. The molecule has 2 heterocycles. The van der Waals surface area contributed by atoms with Gasteiger partial charge in [0.25, 0.3) is 0 Å². The van der Waals surface area contributed by atoms with Crippen LogP contribution in [0.5, 0.6) is 0 Å². The Morgan fingerprint density at radius 1 is 1.27 bits per heavy atom. The van der Waals surface area contributed by atoms with Crippen LogP contribution < -0.4 is 5.32 Å². The molecule has 1 amide bonds. The molecule has 0 bridgehead atoms. The first-order chi connectivity index (χ1) is 10.7. The first kappa shape index (κ1) is 15.5. The average molecular weight is 305 g/mol. The van der Waals surface area contributed by atoms with Crippen molar-refractivity contribution in [3.8, 4) is 0 Å². The molecule has 1 atom stereocenters.